The monoisotopic (exact) mass is 289 g/mol. The molecule has 1 aromatic carbocycles. The van der Waals surface area contributed by atoms with Gasteiger partial charge in [0.15, 0.2) is 0 Å². The molecule has 0 amide bonds. The van der Waals surface area contributed by atoms with Crippen LogP contribution in [0.1, 0.15) is 30.0 Å². The standard InChI is InChI=1S/C13H20ClNO2S/c1-10-6-4-7-11(13(10)14)12(15-2)8-5-9-18(3,16)17/h4,6-7,12,15H,5,8-9H2,1-3H3. The normalized spacial score (nSPS) is 13.6. The highest BCUT2D eigenvalue weighted by Gasteiger charge is 2.14. The zero-order valence-electron chi connectivity index (χ0n) is 11.0. The van der Waals surface area contributed by atoms with Crippen molar-refractivity contribution in [2.75, 3.05) is 19.1 Å². The highest BCUT2D eigenvalue weighted by atomic mass is 35.5. The first-order valence-electron chi connectivity index (χ1n) is 5.95. The summed E-state index contributed by atoms with van der Waals surface area (Å²) >= 11 is 6.28. The molecule has 1 N–H and O–H groups in total. The van der Waals surface area contributed by atoms with Crippen LogP contribution in [0.25, 0.3) is 0 Å². The summed E-state index contributed by atoms with van der Waals surface area (Å²) in [6.45, 7) is 1.97. The molecule has 0 radical (unpaired) electrons. The minimum atomic E-state index is -2.89. The summed E-state index contributed by atoms with van der Waals surface area (Å²) < 4.78 is 22.2. The molecule has 0 fully saturated rings. The Morgan fingerprint density at radius 1 is 1.39 bits per heavy atom. The van der Waals surface area contributed by atoms with Gasteiger partial charge in [0, 0.05) is 23.1 Å². The fraction of sp³-hybridized carbons (Fsp3) is 0.538. The minimum Gasteiger partial charge on any atom is -0.313 e. The zero-order valence-corrected chi connectivity index (χ0v) is 12.6. The molecule has 0 saturated carbocycles. The SMILES string of the molecule is CNC(CCCS(C)(=O)=O)c1cccc(C)c1Cl. The molecule has 0 bridgehead atoms. The molecule has 0 aromatic heterocycles. The van der Waals surface area contributed by atoms with Gasteiger partial charge in [-0.2, -0.15) is 0 Å². The lowest BCUT2D eigenvalue weighted by atomic mass is 10.0. The molecule has 0 aliphatic heterocycles. The molecule has 0 aliphatic rings. The van der Waals surface area contributed by atoms with Crippen molar-refractivity contribution in [2.24, 2.45) is 0 Å². The summed E-state index contributed by atoms with van der Waals surface area (Å²) in [5.41, 5.74) is 2.07. The fourth-order valence-electron chi connectivity index (χ4n) is 1.94. The van der Waals surface area contributed by atoms with Crippen molar-refractivity contribution < 1.29 is 8.42 Å². The Morgan fingerprint density at radius 3 is 2.61 bits per heavy atom. The van der Waals surface area contributed by atoms with Gasteiger partial charge < -0.3 is 5.32 Å². The van der Waals surface area contributed by atoms with Crippen molar-refractivity contribution in [3.63, 3.8) is 0 Å². The Kier molecular flexibility index (Phi) is 5.63. The van der Waals surface area contributed by atoms with Crippen molar-refractivity contribution >= 4 is 21.4 Å². The van der Waals surface area contributed by atoms with E-state index < -0.39 is 9.84 Å². The molecule has 1 unspecified atom stereocenters. The lowest BCUT2D eigenvalue weighted by Crippen LogP contribution is -2.18. The third-order valence-electron chi connectivity index (χ3n) is 2.95. The maximum atomic E-state index is 11.1. The van der Waals surface area contributed by atoms with Crippen LogP contribution in [0.5, 0.6) is 0 Å². The van der Waals surface area contributed by atoms with E-state index in [1.807, 2.05) is 32.2 Å². The number of sulfone groups is 1. The smallest absolute Gasteiger partial charge is 0.147 e. The van der Waals surface area contributed by atoms with Crippen LogP contribution >= 0.6 is 11.6 Å². The van der Waals surface area contributed by atoms with Gasteiger partial charge in [-0.25, -0.2) is 8.42 Å². The van der Waals surface area contributed by atoms with E-state index in [-0.39, 0.29) is 11.8 Å². The Hall–Kier alpha value is -0.580. The molecule has 3 nitrogen and oxygen atoms in total. The van der Waals surface area contributed by atoms with Gasteiger partial charge in [0.25, 0.3) is 0 Å². The number of nitrogens with one attached hydrogen (secondary N) is 1. The molecule has 0 heterocycles. The Balaban J connectivity index is 2.75. The molecule has 5 heteroatoms. The van der Waals surface area contributed by atoms with Crippen molar-refractivity contribution in [3.8, 4) is 0 Å². The number of rotatable bonds is 6. The zero-order chi connectivity index (χ0) is 13.8. The summed E-state index contributed by atoms with van der Waals surface area (Å²) in [5, 5.41) is 3.95. The van der Waals surface area contributed by atoms with E-state index in [4.69, 9.17) is 11.6 Å². The van der Waals surface area contributed by atoms with Crippen LogP contribution in [0.2, 0.25) is 5.02 Å². The highest BCUT2D eigenvalue weighted by molar-refractivity contribution is 7.90. The predicted octanol–water partition coefficient (Wildman–Crippen LogP) is 2.73. The number of hydrogen-bond acceptors (Lipinski definition) is 3. The number of hydrogen-bond donors (Lipinski definition) is 1. The van der Waals surface area contributed by atoms with Crippen LogP contribution < -0.4 is 5.32 Å². The van der Waals surface area contributed by atoms with E-state index in [9.17, 15) is 8.42 Å². The first-order chi connectivity index (χ1) is 8.35. The molecule has 1 aromatic rings. The maximum absolute atomic E-state index is 11.1. The fourth-order valence-corrected chi connectivity index (χ4v) is 2.89. The van der Waals surface area contributed by atoms with Crippen LogP contribution in [0, 0.1) is 6.92 Å². The second kappa shape index (κ2) is 6.55. The molecular weight excluding hydrogens is 270 g/mol. The van der Waals surface area contributed by atoms with Gasteiger partial charge in [-0.05, 0) is 37.9 Å². The van der Waals surface area contributed by atoms with E-state index in [0.29, 0.717) is 6.42 Å². The van der Waals surface area contributed by atoms with Crippen LogP contribution in [0.4, 0.5) is 0 Å². The topological polar surface area (TPSA) is 46.2 Å². The molecule has 18 heavy (non-hydrogen) atoms. The Morgan fingerprint density at radius 2 is 2.06 bits per heavy atom. The van der Waals surface area contributed by atoms with Gasteiger partial charge in [-0.3, -0.25) is 0 Å². The molecule has 1 atom stereocenters. The lowest BCUT2D eigenvalue weighted by molar-refractivity contribution is 0.536. The molecule has 0 aliphatic carbocycles. The van der Waals surface area contributed by atoms with Gasteiger partial charge in [-0.15, -0.1) is 0 Å². The minimum absolute atomic E-state index is 0.0964. The summed E-state index contributed by atoms with van der Waals surface area (Å²) in [5.74, 6) is 0.217. The average Bonchev–Trinajstić information content (AvgIpc) is 2.27. The van der Waals surface area contributed by atoms with Crippen molar-refractivity contribution in [2.45, 2.75) is 25.8 Å². The van der Waals surface area contributed by atoms with Crippen molar-refractivity contribution in [1.82, 2.24) is 5.32 Å². The second-order valence-electron chi connectivity index (χ2n) is 4.59. The van der Waals surface area contributed by atoms with Gasteiger partial charge in [0.2, 0.25) is 0 Å². The van der Waals surface area contributed by atoms with E-state index in [2.05, 4.69) is 5.32 Å². The molecule has 1 rings (SSSR count). The van der Waals surface area contributed by atoms with Crippen LogP contribution in [-0.2, 0) is 9.84 Å². The van der Waals surface area contributed by atoms with Gasteiger partial charge >= 0.3 is 0 Å². The van der Waals surface area contributed by atoms with Crippen LogP contribution in [-0.4, -0.2) is 27.5 Å². The summed E-state index contributed by atoms with van der Waals surface area (Å²) in [4.78, 5) is 0. The van der Waals surface area contributed by atoms with E-state index in [1.165, 1.54) is 6.26 Å². The van der Waals surface area contributed by atoms with Crippen molar-refractivity contribution in [3.05, 3.63) is 34.3 Å². The first kappa shape index (κ1) is 15.5. The van der Waals surface area contributed by atoms with E-state index >= 15 is 0 Å². The van der Waals surface area contributed by atoms with Gasteiger partial charge in [0.05, 0.1) is 0 Å². The van der Waals surface area contributed by atoms with Gasteiger partial charge in [-0.1, -0.05) is 29.8 Å². The summed E-state index contributed by atoms with van der Waals surface area (Å²) in [6, 6.07) is 6.02. The Bertz CT molecular complexity index is 500. The third kappa shape index (κ3) is 4.59. The molecule has 102 valence electrons. The number of benzene rings is 1. The first-order valence-corrected chi connectivity index (χ1v) is 8.39. The molecule has 0 saturated heterocycles. The van der Waals surface area contributed by atoms with Gasteiger partial charge in [0.1, 0.15) is 9.84 Å². The second-order valence-corrected chi connectivity index (χ2v) is 7.23. The highest BCUT2D eigenvalue weighted by Crippen LogP contribution is 2.28. The summed E-state index contributed by atoms with van der Waals surface area (Å²) in [6.07, 6.45) is 2.66. The lowest BCUT2D eigenvalue weighted by Gasteiger charge is -2.18. The third-order valence-corrected chi connectivity index (χ3v) is 4.50. The molecular formula is C13H20ClNO2S. The van der Waals surface area contributed by atoms with Crippen LogP contribution in [0.15, 0.2) is 18.2 Å². The predicted molar refractivity (Wildman–Crippen MR) is 76.9 cm³/mol. The van der Waals surface area contributed by atoms with E-state index in [1.54, 1.807) is 0 Å². The average molecular weight is 290 g/mol. The van der Waals surface area contributed by atoms with Crippen molar-refractivity contribution in [1.29, 1.82) is 0 Å². The quantitative estimate of drug-likeness (QED) is 0.876. The summed E-state index contributed by atoms with van der Waals surface area (Å²) in [7, 11) is -1.02. The van der Waals surface area contributed by atoms with Crippen LogP contribution in [0.3, 0.4) is 0 Å². The molecule has 0 spiro atoms. The Labute approximate surface area is 114 Å². The maximum Gasteiger partial charge on any atom is 0.147 e. The largest absolute Gasteiger partial charge is 0.313 e. The number of halogens is 1. The van der Waals surface area contributed by atoms with E-state index in [0.717, 1.165) is 22.6 Å². The number of aryl methyl sites for hydroxylation is 1.